The molecule has 1 aliphatic heterocycles. The van der Waals surface area contributed by atoms with Crippen molar-refractivity contribution in [3.63, 3.8) is 0 Å². The van der Waals surface area contributed by atoms with Gasteiger partial charge in [-0.2, -0.15) is 0 Å². The van der Waals surface area contributed by atoms with Gasteiger partial charge in [0.25, 0.3) is 0 Å². The lowest BCUT2D eigenvalue weighted by Crippen LogP contribution is -2.39. The van der Waals surface area contributed by atoms with Crippen molar-refractivity contribution >= 4 is 11.7 Å². The third-order valence-electron chi connectivity index (χ3n) is 2.45. The summed E-state index contributed by atoms with van der Waals surface area (Å²) in [6.45, 7) is 0. The lowest BCUT2D eigenvalue weighted by Gasteiger charge is -2.16. The molecule has 5 heteroatoms. The average Bonchev–Trinajstić information content (AvgIpc) is 2.61. The van der Waals surface area contributed by atoms with E-state index in [0.717, 1.165) is 5.56 Å². The standard InChI is InChI=1S/C11H11FN2O2/c1-14-10(11(15)16)6-9(13-14)7-2-4-8(12)5-3-7/h2-6,10,13H,1H3,(H,15,16). The van der Waals surface area contributed by atoms with Gasteiger partial charge in [-0.3, -0.25) is 4.79 Å². The van der Waals surface area contributed by atoms with Crippen LogP contribution in [0.3, 0.4) is 0 Å². The van der Waals surface area contributed by atoms with Crippen molar-refractivity contribution in [2.45, 2.75) is 6.04 Å². The molecule has 1 heterocycles. The van der Waals surface area contributed by atoms with Gasteiger partial charge in [0.15, 0.2) is 0 Å². The van der Waals surface area contributed by atoms with Crippen LogP contribution in [0, 0.1) is 5.82 Å². The maximum absolute atomic E-state index is 12.7. The lowest BCUT2D eigenvalue weighted by atomic mass is 10.1. The molecule has 0 saturated carbocycles. The molecule has 0 saturated heterocycles. The number of nitrogens with zero attached hydrogens (tertiary/aromatic N) is 1. The molecule has 16 heavy (non-hydrogen) atoms. The van der Waals surface area contributed by atoms with Crippen molar-refractivity contribution < 1.29 is 14.3 Å². The summed E-state index contributed by atoms with van der Waals surface area (Å²) < 4.78 is 12.7. The maximum atomic E-state index is 12.7. The molecule has 2 N–H and O–H groups in total. The minimum absolute atomic E-state index is 0.314. The van der Waals surface area contributed by atoms with Crippen LogP contribution in [0.15, 0.2) is 30.3 Å². The van der Waals surface area contributed by atoms with Crippen LogP contribution in [0.2, 0.25) is 0 Å². The topological polar surface area (TPSA) is 52.6 Å². The van der Waals surface area contributed by atoms with E-state index in [1.807, 2.05) is 0 Å². The van der Waals surface area contributed by atoms with Crippen LogP contribution >= 0.6 is 0 Å². The van der Waals surface area contributed by atoms with Crippen LogP contribution < -0.4 is 5.43 Å². The fourth-order valence-corrected chi connectivity index (χ4v) is 1.59. The Morgan fingerprint density at radius 2 is 2.06 bits per heavy atom. The SMILES string of the molecule is CN1NC(c2ccc(F)cc2)=CC1C(=O)O. The zero-order valence-electron chi connectivity index (χ0n) is 8.64. The number of rotatable bonds is 2. The highest BCUT2D eigenvalue weighted by Gasteiger charge is 2.27. The molecule has 0 amide bonds. The number of aliphatic carboxylic acids is 1. The zero-order valence-corrected chi connectivity index (χ0v) is 8.64. The minimum atomic E-state index is -0.924. The van der Waals surface area contributed by atoms with Crippen molar-refractivity contribution in [2.75, 3.05) is 7.05 Å². The number of hydrazine groups is 1. The number of benzene rings is 1. The first-order chi connectivity index (χ1) is 7.58. The Labute approximate surface area is 92.0 Å². The molecule has 1 atom stereocenters. The largest absolute Gasteiger partial charge is 0.480 e. The van der Waals surface area contributed by atoms with E-state index in [1.54, 1.807) is 25.3 Å². The van der Waals surface area contributed by atoms with Gasteiger partial charge in [0.05, 0.1) is 5.70 Å². The van der Waals surface area contributed by atoms with Gasteiger partial charge in [0, 0.05) is 7.05 Å². The molecule has 0 radical (unpaired) electrons. The Morgan fingerprint density at radius 3 is 2.56 bits per heavy atom. The van der Waals surface area contributed by atoms with Crippen molar-refractivity contribution in [3.05, 3.63) is 41.7 Å². The van der Waals surface area contributed by atoms with E-state index in [1.165, 1.54) is 17.1 Å². The van der Waals surface area contributed by atoms with Gasteiger partial charge in [-0.1, -0.05) is 0 Å². The number of carboxylic acids is 1. The lowest BCUT2D eigenvalue weighted by molar-refractivity contribution is -0.141. The number of halogens is 1. The fourth-order valence-electron chi connectivity index (χ4n) is 1.59. The van der Waals surface area contributed by atoms with Crippen LogP contribution in [0.5, 0.6) is 0 Å². The molecule has 0 aromatic heterocycles. The molecule has 84 valence electrons. The van der Waals surface area contributed by atoms with Crippen molar-refractivity contribution in [1.29, 1.82) is 0 Å². The van der Waals surface area contributed by atoms with E-state index in [0.29, 0.717) is 5.70 Å². The molecule has 1 aromatic carbocycles. The molecule has 0 aliphatic carbocycles. The minimum Gasteiger partial charge on any atom is -0.480 e. The molecule has 4 nitrogen and oxygen atoms in total. The molecule has 1 aromatic rings. The summed E-state index contributed by atoms with van der Waals surface area (Å²) in [5, 5.41) is 10.4. The first-order valence-corrected chi connectivity index (χ1v) is 4.78. The molecule has 0 bridgehead atoms. The molecule has 1 unspecified atom stereocenters. The number of hydrogen-bond donors (Lipinski definition) is 2. The van der Waals surface area contributed by atoms with Crippen molar-refractivity contribution in [3.8, 4) is 0 Å². The number of hydrogen-bond acceptors (Lipinski definition) is 3. The van der Waals surface area contributed by atoms with Crippen LogP contribution in [-0.2, 0) is 4.79 Å². The normalized spacial score (nSPS) is 20.4. The van der Waals surface area contributed by atoms with Gasteiger partial charge in [0.1, 0.15) is 11.9 Å². The summed E-state index contributed by atoms with van der Waals surface area (Å²) in [4.78, 5) is 10.9. The highest BCUT2D eigenvalue weighted by atomic mass is 19.1. The molecule has 1 aliphatic rings. The number of likely N-dealkylation sites (N-methyl/N-ethyl adjacent to an activating group) is 1. The Balaban J connectivity index is 2.26. The van der Waals surface area contributed by atoms with E-state index in [2.05, 4.69) is 5.43 Å². The summed E-state index contributed by atoms with van der Waals surface area (Å²) in [6, 6.07) is 5.19. The van der Waals surface area contributed by atoms with Gasteiger partial charge in [-0.15, -0.1) is 0 Å². The zero-order chi connectivity index (χ0) is 11.7. The van der Waals surface area contributed by atoms with Gasteiger partial charge in [0.2, 0.25) is 0 Å². The third-order valence-corrected chi connectivity index (χ3v) is 2.45. The van der Waals surface area contributed by atoms with Crippen molar-refractivity contribution in [1.82, 2.24) is 10.4 Å². The summed E-state index contributed by atoms with van der Waals surface area (Å²) in [5.74, 6) is -1.24. The van der Waals surface area contributed by atoms with Crippen LogP contribution in [0.4, 0.5) is 4.39 Å². The van der Waals surface area contributed by atoms with Gasteiger partial charge in [-0.05, 0) is 35.9 Å². The molecule has 0 spiro atoms. The first-order valence-electron chi connectivity index (χ1n) is 4.78. The fraction of sp³-hybridized carbons (Fsp3) is 0.182. The second kappa shape index (κ2) is 3.94. The second-order valence-electron chi connectivity index (χ2n) is 3.59. The maximum Gasteiger partial charge on any atom is 0.326 e. The van der Waals surface area contributed by atoms with Gasteiger partial charge >= 0.3 is 5.97 Å². The van der Waals surface area contributed by atoms with Gasteiger partial charge < -0.3 is 10.5 Å². The van der Waals surface area contributed by atoms with Crippen LogP contribution in [0.25, 0.3) is 5.70 Å². The van der Waals surface area contributed by atoms with Crippen LogP contribution in [0.1, 0.15) is 5.56 Å². The monoisotopic (exact) mass is 222 g/mol. The summed E-state index contributed by atoms with van der Waals surface area (Å²) in [6.07, 6.45) is 1.59. The molecular formula is C11H11FN2O2. The predicted octanol–water partition coefficient (Wildman–Crippen LogP) is 1.07. The van der Waals surface area contributed by atoms with Gasteiger partial charge in [-0.25, -0.2) is 9.40 Å². The summed E-state index contributed by atoms with van der Waals surface area (Å²) in [7, 11) is 1.64. The Morgan fingerprint density at radius 1 is 1.44 bits per heavy atom. The smallest absolute Gasteiger partial charge is 0.326 e. The summed E-state index contributed by atoms with van der Waals surface area (Å²) in [5.41, 5.74) is 4.35. The predicted molar refractivity (Wildman–Crippen MR) is 56.7 cm³/mol. The second-order valence-corrected chi connectivity index (χ2v) is 3.59. The van der Waals surface area contributed by atoms with E-state index in [4.69, 9.17) is 5.11 Å². The molecule has 2 rings (SSSR count). The quantitative estimate of drug-likeness (QED) is 0.786. The highest BCUT2D eigenvalue weighted by Crippen LogP contribution is 2.19. The number of nitrogens with one attached hydrogen (secondary N) is 1. The molecule has 0 fully saturated rings. The van der Waals surface area contributed by atoms with E-state index >= 15 is 0 Å². The number of carbonyl (C=O) groups is 1. The third kappa shape index (κ3) is 1.90. The van der Waals surface area contributed by atoms with E-state index in [9.17, 15) is 9.18 Å². The van der Waals surface area contributed by atoms with Crippen LogP contribution in [-0.4, -0.2) is 29.2 Å². The molecular weight excluding hydrogens is 211 g/mol. The Hall–Kier alpha value is -1.88. The van der Waals surface area contributed by atoms with E-state index in [-0.39, 0.29) is 5.82 Å². The highest BCUT2D eigenvalue weighted by molar-refractivity contribution is 5.81. The number of carboxylic acid groups (broad SMARTS) is 1. The Kier molecular flexibility index (Phi) is 2.62. The van der Waals surface area contributed by atoms with Crippen molar-refractivity contribution in [2.24, 2.45) is 0 Å². The Bertz CT molecular complexity index is 442. The first kappa shape index (κ1) is 10.6. The summed E-state index contributed by atoms with van der Waals surface area (Å²) >= 11 is 0. The van der Waals surface area contributed by atoms with E-state index < -0.39 is 12.0 Å². The average molecular weight is 222 g/mol.